The summed E-state index contributed by atoms with van der Waals surface area (Å²) in [7, 11) is 0. The minimum atomic E-state index is 2.25. The second-order valence-corrected chi connectivity index (χ2v) is 0.264. The molecule has 0 fully saturated rings. The molecular formula is H2N4O. The summed E-state index contributed by atoms with van der Waals surface area (Å²) < 4.78 is 0. The molecular weight excluding hydrogens is 72.0 g/mol. The van der Waals surface area contributed by atoms with Crippen LogP contribution in [0, 0.1) is 11.1 Å². The third kappa shape index (κ3) is 3.00. The Balaban J connectivity index is 2.65. The quantitative estimate of drug-likeness (QED) is 0.370. The molecule has 0 rings (SSSR count). The maximum Gasteiger partial charge on any atom is 0.0521 e. The summed E-state index contributed by atoms with van der Waals surface area (Å²) in [6, 6.07) is 0. The Morgan fingerprint density at radius 1 is 1.20 bits per heavy atom. The van der Waals surface area contributed by atoms with E-state index in [4.69, 9.17) is 11.1 Å². The molecule has 0 aliphatic heterocycles. The van der Waals surface area contributed by atoms with Gasteiger partial charge in [-0.2, -0.15) is 11.1 Å². The van der Waals surface area contributed by atoms with E-state index < -0.39 is 0 Å². The lowest BCUT2D eigenvalue weighted by Crippen LogP contribution is -1.51. The number of hydrogen-bond donors (Lipinski definition) is 2. The summed E-state index contributed by atoms with van der Waals surface area (Å²) in [6.07, 6.45) is 0. The number of hydrogen-bond acceptors (Lipinski definition) is 5. The van der Waals surface area contributed by atoms with Crippen molar-refractivity contribution in [3.05, 3.63) is 0 Å². The fourth-order valence-electron chi connectivity index (χ4n) is 0.0204. The molecule has 0 spiro atoms. The summed E-state index contributed by atoms with van der Waals surface area (Å²) in [5, 5.41) is 4.50. The summed E-state index contributed by atoms with van der Waals surface area (Å²) in [4.78, 5) is 3.42. The van der Waals surface area contributed by atoms with Crippen molar-refractivity contribution in [3.8, 4) is 0 Å². The van der Waals surface area contributed by atoms with Crippen LogP contribution in [0.25, 0.3) is 0 Å². The summed E-state index contributed by atoms with van der Waals surface area (Å²) >= 11 is 0. The van der Waals surface area contributed by atoms with Crippen LogP contribution >= 0.6 is 0 Å². The van der Waals surface area contributed by atoms with Crippen molar-refractivity contribution < 1.29 is 4.94 Å². The van der Waals surface area contributed by atoms with Gasteiger partial charge in [0.25, 0.3) is 0 Å². The Hall–Kier alpha value is -1.00. The van der Waals surface area contributed by atoms with Crippen LogP contribution < -0.4 is 0 Å². The molecule has 0 amide bonds. The van der Waals surface area contributed by atoms with Gasteiger partial charge in [0, 0.05) is 0 Å². The van der Waals surface area contributed by atoms with Crippen LogP contribution in [0.5, 0.6) is 0 Å². The molecule has 5 heteroatoms. The number of rotatable bonds is 2. The Kier molecular flexibility index (Phi) is 2.40. The van der Waals surface area contributed by atoms with Crippen molar-refractivity contribution in [3.63, 3.8) is 0 Å². The summed E-state index contributed by atoms with van der Waals surface area (Å²) in [5.74, 6) is 0. The van der Waals surface area contributed by atoms with Crippen molar-refractivity contribution >= 4 is 0 Å². The van der Waals surface area contributed by atoms with E-state index in [0.717, 1.165) is 0 Å². The molecule has 0 aromatic carbocycles. The molecule has 0 aliphatic rings. The van der Waals surface area contributed by atoms with Crippen LogP contribution in [0.4, 0.5) is 0 Å². The lowest BCUT2D eigenvalue weighted by Gasteiger charge is -1.66. The van der Waals surface area contributed by atoms with Crippen molar-refractivity contribution in [2.75, 3.05) is 0 Å². The second kappa shape index (κ2) is 3.00. The zero-order valence-electron chi connectivity index (χ0n) is 2.30. The van der Waals surface area contributed by atoms with E-state index in [-0.39, 0.29) is 0 Å². The van der Waals surface area contributed by atoms with Crippen LogP contribution in [0.1, 0.15) is 0 Å². The molecule has 5 nitrogen and oxygen atoms in total. The maximum absolute atomic E-state index is 5.79. The van der Waals surface area contributed by atoms with Gasteiger partial charge in [-0.05, 0) is 0 Å². The van der Waals surface area contributed by atoms with Crippen molar-refractivity contribution in [1.29, 1.82) is 11.1 Å². The van der Waals surface area contributed by atoms with Gasteiger partial charge in [-0.25, -0.2) is 4.94 Å². The van der Waals surface area contributed by atoms with Crippen molar-refractivity contribution in [2.45, 2.75) is 0 Å². The molecule has 0 aliphatic carbocycles. The normalized spacial score (nSPS) is 5.60. The Morgan fingerprint density at radius 3 is 1.60 bits per heavy atom. The first-order valence-corrected chi connectivity index (χ1v) is 0.812. The first kappa shape index (κ1) is 4.00. The third-order valence-electron chi connectivity index (χ3n) is 0.0816. The smallest absolute Gasteiger partial charge is 0.0521 e. The number of nitrogens with one attached hydrogen (secondary N) is 2. The molecule has 0 unspecified atom stereocenters. The average Bonchev–Trinajstić information content (AvgIpc) is 1.41. The van der Waals surface area contributed by atoms with E-state index in [9.17, 15) is 0 Å². The SMILES string of the molecule is N=NON=N. The lowest BCUT2D eigenvalue weighted by molar-refractivity contribution is 0.0993. The van der Waals surface area contributed by atoms with E-state index in [2.05, 4.69) is 15.5 Å². The molecule has 0 heterocycles. The largest absolute Gasteiger partial charge is 0.205 e. The molecule has 0 saturated carbocycles. The minimum absolute atomic E-state index is 2.25. The predicted octanol–water partition coefficient (Wildman–Crippen LogP) is 0.895. The van der Waals surface area contributed by atoms with Gasteiger partial charge in [-0.15, -0.1) is 0 Å². The highest BCUT2D eigenvalue weighted by molar-refractivity contribution is 3.53. The van der Waals surface area contributed by atoms with Gasteiger partial charge in [0.2, 0.25) is 0 Å². The van der Waals surface area contributed by atoms with E-state index in [0.29, 0.717) is 0 Å². The van der Waals surface area contributed by atoms with Gasteiger partial charge in [-0.1, -0.05) is 0 Å². The highest BCUT2D eigenvalue weighted by Gasteiger charge is 1.52. The molecule has 0 aromatic rings. The van der Waals surface area contributed by atoms with Crippen molar-refractivity contribution in [2.24, 2.45) is 10.6 Å². The van der Waals surface area contributed by atoms with E-state index in [1.807, 2.05) is 0 Å². The van der Waals surface area contributed by atoms with Gasteiger partial charge >= 0.3 is 0 Å². The molecule has 28 valence electrons. The fraction of sp³-hybridized carbons (Fsp3) is 0. The first-order chi connectivity index (χ1) is 2.41. The lowest BCUT2D eigenvalue weighted by atomic mass is 12.9. The molecule has 0 radical (unpaired) electrons. The zero-order chi connectivity index (χ0) is 4.12. The zero-order valence-corrected chi connectivity index (χ0v) is 2.30. The molecule has 0 bridgehead atoms. The predicted molar refractivity (Wildman–Crippen MR) is 11.4 cm³/mol. The van der Waals surface area contributed by atoms with E-state index in [1.165, 1.54) is 0 Å². The minimum Gasteiger partial charge on any atom is -0.205 e. The van der Waals surface area contributed by atoms with E-state index >= 15 is 0 Å². The van der Waals surface area contributed by atoms with Crippen LogP contribution in [0.15, 0.2) is 10.6 Å². The van der Waals surface area contributed by atoms with Crippen LogP contribution in [0.3, 0.4) is 0 Å². The first-order valence-electron chi connectivity index (χ1n) is 0.812. The van der Waals surface area contributed by atoms with E-state index in [1.54, 1.807) is 0 Å². The van der Waals surface area contributed by atoms with Gasteiger partial charge in [0.15, 0.2) is 0 Å². The summed E-state index contributed by atoms with van der Waals surface area (Å²) in [6.45, 7) is 0. The summed E-state index contributed by atoms with van der Waals surface area (Å²) in [5.41, 5.74) is 11.6. The highest BCUT2D eigenvalue weighted by atomic mass is 16.8. The van der Waals surface area contributed by atoms with Crippen LogP contribution in [-0.2, 0) is 4.94 Å². The molecule has 0 aromatic heterocycles. The average molecular weight is 74.0 g/mol. The maximum atomic E-state index is 5.79. The van der Waals surface area contributed by atoms with Gasteiger partial charge in [-0.3, -0.25) is 0 Å². The standard InChI is InChI=1S/H2N4O/c1-3-5-4-2/h1-2H. The third-order valence-corrected chi connectivity index (χ3v) is 0.0816. The van der Waals surface area contributed by atoms with Gasteiger partial charge < -0.3 is 0 Å². The topological polar surface area (TPSA) is 81.7 Å². The molecule has 5 heavy (non-hydrogen) atoms. The molecule has 0 saturated heterocycles. The molecule has 0 atom stereocenters. The monoisotopic (exact) mass is 74.0 g/mol. The van der Waals surface area contributed by atoms with Gasteiger partial charge in [0.05, 0.1) is 10.6 Å². The Labute approximate surface area is 27.9 Å². The Morgan fingerprint density at radius 2 is 1.60 bits per heavy atom. The fourth-order valence-corrected chi connectivity index (χ4v) is 0.0204. The molecule has 2 N–H and O–H groups in total. The van der Waals surface area contributed by atoms with Gasteiger partial charge in [0.1, 0.15) is 0 Å². The van der Waals surface area contributed by atoms with Crippen molar-refractivity contribution in [1.82, 2.24) is 0 Å². The van der Waals surface area contributed by atoms with Crippen LogP contribution in [-0.4, -0.2) is 0 Å². The second-order valence-electron chi connectivity index (χ2n) is 0.264. The number of nitrogens with zero attached hydrogens (tertiary/aromatic N) is 2. The highest BCUT2D eigenvalue weighted by Crippen LogP contribution is 1.66. The Bertz CT molecular complexity index is 32.9. The van der Waals surface area contributed by atoms with Crippen LogP contribution in [0.2, 0.25) is 0 Å².